The number of benzene rings is 2. The fourth-order valence-corrected chi connectivity index (χ4v) is 2.18. The Morgan fingerprint density at radius 3 is 2.95 bits per heavy atom. The van der Waals surface area contributed by atoms with Crippen LogP contribution in [-0.2, 0) is 6.54 Å². The van der Waals surface area contributed by atoms with Gasteiger partial charge in [-0.25, -0.2) is 4.68 Å². The van der Waals surface area contributed by atoms with Crippen molar-refractivity contribution >= 4 is 28.3 Å². The van der Waals surface area contributed by atoms with Crippen LogP contribution in [0.5, 0.6) is 0 Å². The predicted octanol–water partition coefficient (Wildman–Crippen LogP) is 4.07. The minimum Gasteiger partial charge on any atom is -0.240 e. The minimum atomic E-state index is 0.479. The maximum atomic E-state index is 8.58. The lowest BCUT2D eigenvalue weighted by molar-refractivity contribution is 0.670. The molecule has 0 aliphatic carbocycles. The monoisotopic (exact) mass is 284 g/mol. The average molecular weight is 285 g/mol. The highest BCUT2D eigenvalue weighted by Crippen LogP contribution is 2.22. The molecule has 0 unspecified atom stereocenters. The van der Waals surface area contributed by atoms with E-state index in [-0.39, 0.29) is 0 Å². The average Bonchev–Trinajstić information content (AvgIpc) is 2.83. The highest BCUT2D eigenvalue weighted by molar-refractivity contribution is 6.31. The zero-order chi connectivity index (χ0) is 13.9. The van der Waals surface area contributed by atoms with Gasteiger partial charge in [-0.05, 0) is 29.3 Å². The Hall–Kier alpha value is -2.56. The van der Waals surface area contributed by atoms with Gasteiger partial charge in [-0.1, -0.05) is 46.2 Å². The van der Waals surface area contributed by atoms with E-state index < -0.39 is 0 Å². The Morgan fingerprint density at radius 2 is 2.10 bits per heavy atom. The summed E-state index contributed by atoms with van der Waals surface area (Å²) in [5.41, 5.74) is 11.7. The third-order valence-corrected chi connectivity index (χ3v) is 3.18. The number of fused-ring (bicyclic) bond motifs is 1. The van der Waals surface area contributed by atoms with Gasteiger partial charge in [-0.15, -0.1) is 5.10 Å². The molecule has 0 radical (unpaired) electrons. The molecule has 0 aliphatic rings. The van der Waals surface area contributed by atoms with Crippen molar-refractivity contribution in [2.45, 2.75) is 6.54 Å². The van der Waals surface area contributed by atoms with Gasteiger partial charge in [-0.3, -0.25) is 0 Å². The number of hydrogen-bond donors (Lipinski definition) is 0. The fourth-order valence-electron chi connectivity index (χ4n) is 2.01. The van der Waals surface area contributed by atoms with Gasteiger partial charge in [0.1, 0.15) is 5.52 Å². The molecule has 3 aromatic rings. The summed E-state index contributed by atoms with van der Waals surface area (Å²) < 4.78 is 1.75. The van der Waals surface area contributed by atoms with Crippen molar-refractivity contribution in [3.05, 3.63) is 63.5 Å². The second-order valence-corrected chi connectivity index (χ2v) is 4.63. The summed E-state index contributed by atoms with van der Waals surface area (Å²) >= 11 is 5.92. The molecule has 1 aromatic heterocycles. The van der Waals surface area contributed by atoms with E-state index in [1.165, 1.54) is 0 Å². The lowest BCUT2D eigenvalue weighted by Gasteiger charge is -2.05. The van der Waals surface area contributed by atoms with Gasteiger partial charge in [0.2, 0.25) is 0 Å². The molecule has 0 amide bonds. The van der Waals surface area contributed by atoms with E-state index in [4.69, 9.17) is 17.1 Å². The normalized spacial score (nSPS) is 10.4. The maximum Gasteiger partial charge on any atom is 0.114 e. The smallest absolute Gasteiger partial charge is 0.114 e. The lowest BCUT2D eigenvalue weighted by Crippen LogP contribution is -2.01. The van der Waals surface area contributed by atoms with E-state index in [0.29, 0.717) is 17.3 Å². The van der Waals surface area contributed by atoms with Gasteiger partial charge in [0.05, 0.1) is 12.1 Å². The Kier molecular flexibility index (Phi) is 3.25. The summed E-state index contributed by atoms with van der Waals surface area (Å²) in [7, 11) is 0. The Labute approximate surface area is 119 Å². The first-order valence-corrected chi connectivity index (χ1v) is 6.27. The van der Waals surface area contributed by atoms with Crippen LogP contribution in [0.15, 0.2) is 47.6 Å². The van der Waals surface area contributed by atoms with Crippen LogP contribution in [0, 0.1) is 0 Å². The number of hydrogen-bond acceptors (Lipinski definition) is 3. The van der Waals surface area contributed by atoms with Gasteiger partial charge in [0.15, 0.2) is 0 Å². The van der Waals surface area contributed by atoms with Crippen LogP contribution in [0.25, 0.3) is 21.5 Å². The van der Waals surface area contributed by atoms with Crippen molar-refractivity contribution in [3.8, 4) is 0 Å². The third-order valence-electron chi connectivity index (χ3n) is 2.94. The quantitative estimate of drug-likeness (QED) is 0.413. The molecule has 0 fully saturated rings. The highest BCUT2D eigenvalue weighted by Gasteiger charge is 2.07. The summed E-state index contributed by atoms with van der Waals surface area (Å²) in [6.07, 6.45) is 0. The van der Waals surface area contributed by atoms with Crippen LogP contribution >= 0.6 is 11.6 Å². The van der Waals surface area contributed by atoms with Crippen LogP contribution in [0.2, 0.25) is 5.02 Å². The molecule has 20 heavy (non-hydrogen) atoms. The van der Waals surface area contributed by atoms with Crippen molar-refractivity contribution in [1.82, 2.24) is 15.0 Å². The molecule has 7 heteroatoms. The Morgan fingerprint density at radius 1 is 1.25 bits per heavy atom. The van der Waals surface area contributed by atoms with E-state index >= 15 is 0 Å². The van der Waals surface area contributed by atoms with Crippen LogP contribution in [0.1, 0.15) is 5.56 Å². The fraction of sp³-hybridized carbons (Fsp3) is 0.0769. The summed E-state index contributed by atoms with van der Waals surface area (Å²) in [6.45, 7) is 0.479. The molecular weight excluding hydrogens is 276 g/mol. The first-order chi connectivity index (χ1) is 9.78. The second-order valence-electron chi connectivity index (χ2n) is 4.20. The van der Waals surface area contributed by atoms with Crippen LogP contribution in [0.3, 0.4) is 0 Å². The molecule has 6 nitrogen and oxygen atoms in total. The van der Waals surface area contributed by atoms with Gasteiger partial charge in [-0.2, -0.15) is 0 Å². The minimum absolute atomic E-state index is 0.479. The predicted molar refractivity (Wildman–Crippen MR) is 76.9 cm³/mol. The van der Waals surface area contributed by atoms with Crippen molar-refractivity contribution in [3.63, 3.8) is 0 Å². The summed E-state index contributed by atoms with van der Waals surface area (Å²) in [5, 5.41) is 12.5. The molecule has 0 spiro atoms. The van der Waals surface area contributed by atoms with Gasteiger partial charge < -0.3 is 0 Å². The molecular formula is C13H9ClN6. The summed E-state index contributed by atoms with van der Waals surface area (Å²) in [4.78, 5) is 2.83. The van der Waals surface area contributed by atoms with E-state index in [9.17, 15) is 0 Å². The standard InChI is InChI=1S/C13H9ClN6/c14-10-5-6-13-12(7-10)17-19-20(13)8-9-3-1-2-4-11(9)16-18-15/h1-7H,8H2. The van der Waals surface area contributed by atoms with E-state index in [1.807, 2.05) is 24.3 Å². The third kappa shape index (κ3) is 2.30. The van der Waals surface area contributed by atoms with Crippen LogP contribution in [-0.4, -0.2) is 15.0 Å². The van der Waals surface area contributed by atoms with E-state index in [1.54, 1.807) is 22.9 Å². The summed E-state index contributed by atoms with van der Waals surface area (Å²) in [5.74, 6) is 0. The molecule has 3 rings (SSSR count). The van der Waals surface area contributed by atoms with Crippen LogP contribution in [0.4, 0.5) is 5.69 Å². The van der Waals surface area contributed by atoms with Gasteiger partial charge in [0, 0.05) is 15.6 Å². The topological polar surface area (TPSA) is 79.5 Å². The van der Waals surface area contributed by atoms with Gasteiger partial charge in [0.25, 0.3) is 0 Å². The van der Waals surface area contributed by atoms with E-state index in [2.05, 4.69) is 20.3 Å². The molecule has 0 saturated heterocycles. The molecule has 0 aliphatic heterocycles. The number of nitrogens with zero attached hydrogens (tertiary/aromatic N) is 6. The molecule has 1 heterocycles. The van der Waals surface area contributed by atoms with Crippen molar-refractivity contribution in [2.75, 3.05) is 0 Å². The van der Waals surface area contributed by atoms with Gasteiger partial charge >= 0.3 is 0 Å². The molecule has 0 bridgehead atoms. The SMILES string of the molecule is [N-]=[N+]=Nc1ccccc1Cn1nnc2cc(Cl)ccc21. The number of azide groups is 1. The molecule has 2 aromatic carbocycles. The first-order valence-electron chi connectivity index (χ1n) is 5.89. The number of aromatic nitrogens is 3. The van der Waals surface area contributed by atoms with E-state index in [0.717, 1.165) is 16.6 Å². The maximum absolute atomic E-state index is 8.58. The van der Waals surface area contributed by atoms with Crippen molar-refractivity contribution < 1.29 is 0 Å². The molecule has 0 atom stereocenters. The first kappa shape index (κ1) is 12.5. The van der Waals surface area contributed by atoms with Crippen molar-refractivity contribution in [2.24, 2.45) is 5.11 Å². The Bertz CT molecular complexity index is 819. The second kappa shape index (κ2) is 5.21. The molecule has 98 valence electrons. The zero-order valence-electron chi connectivity index (χ0n) is 10.3. The highest BCUT2D eigenvalue weighted by atomic mass is 35.5. The largest absolute Gasteiger partial charge is 0.240 e. The zero-order valence-corrected chi connectivity index (χ0v) is 11.1. The lowest BCUT2D eigenvalue weighted by atomic mass is 10.2. The summed E-state index contributed by atoms with van der Waals surface area (Å²) in [6, 6.07) is 12.8. The number of rotatable bonds is 3. The molecule has 0 N–H and O–H groups in total. The van der Waals surface area contributed by atoms with Crippen LogP contribution < -0.4 is 0 Å². The van der Waals surface area contributed by atoms with Crippen molar-refractivity contribution in [1.29, 1.82) is 0 Å². The molecule has 0 saturated carbocycles. The number of halogens is 1. The Balaban J connectivity index is 2.03.